The normalized spacial score (nSPS) is 11.6. The Morgan fingerprint density at radius 1 is 1.44 bits per heavy atom. The quantitative estimate of drug-likeness (QED) is 0.871. The van der Waals surface area contributed by atoms with Gasteiger partial charge in [0.1, 0.15) is 0 Å². The molecule has 0 unspecified atom stereocenters. The second-order valence-electron chi connectivity index (χ2n) is 3.71. The van der Waals surface area contributed by atoms with E-state index in [1.54, 1.807) is 19.3 Å². The number of hydrogen-bond donors (Lipinski definition) is 1. The summed E-state index contributed by atoms with van der Waals surface area (Å²) in [4.78, 5) is 5.42. The molecule has 0 aliphatic heterocycles. The van der Waals surface area contributed by atoms with Crippen molar-refractivity contribution in [1.82, 2.24) is 4.98 Å². The third kappa shape index (κ3) is 3.60. The Balaban J connectivity index is 2.70. The van der Waals surface area contributed by atoms with Crippen LogP contribution in [0.25, 0.3) is 0 Å². The van der Waals surface area contributed by atoms with Crippen LogP contribution in [0.2, 0.25) is 0 Å². The largest absolute Gasteiger partial charge is 0.396 e. The minimum atomic E-state index is -4.16. The van der Waals surface area contributed by atoms with E-state index in [4.69, 9.17) is 5.73 Å². The average molecular weight is 233 g/mol. The fourth-order valence-corrected chi connectivity index (χ4v) is 1.30. The molecule has 0 saturated heterocycles. The SMILES string of the molecule is Cc1cnc(N(C)CCC(F)(F)F)c(N)c1. The first kappa shape index (κ1) is 12.6. The highest BCUT2D eigenvalue weighted by Gasteiger charge is 2.27. The van der Waals surface area contributed by atoms with Crippen LogP contribution in [0, 0.1) is 6.92 Å². The molecule has 16 heavy (non-hydrogen) atoms. The van der Waals surface area contributed by atoms with Crippen molar-refractivity contribution in [3.63, 3.8) is 0 Å². The van der Waals surface area contributed by atoms with Crippen LogP contribution in [0.3, 0.4) is 0 Å². The van der Waals surface area contributed by atoms with Gasteiger partial charge in [-0.2, -0.15) is 13.2 Å². The van der Waals surface area contributed by atoms with E-state index in [9.17, 15) is 13.2 Å². The van der Waals surface area contributed by atoms with E-state index >= 15 is 0 Å². The summed E-state index contributed by atoms with van der Waals surface area (Å²) < 4.78 is 36.1. The first-order chi connectivity index (χ1) is 7.29. The Morgan fingerprint density at radius 3 is 2.56 bits per heavy atom. The number of alkyl halides is 3. The van der Waals surface area contributed by atoms with Gasteiger partial charge in [0, 0.05) is 19.8 Å². The van der Waals surface area contributed by atoms with Crippen molar-refractivity contribution in [3.05, 3.63) is 17.8 Å². The molecule has 0 spiro atoms. The van der Waals surface area contributed by atoms with Crippen molar-refractivity contribution in [2.24, 2.45) is 0 Å². The predicted molar refractivity (Wildman–Crippen MR) is 57.3 cm³/mol. The topological polar surface area (TPSA) is 42.2 Å². The molecule has 0 aromatic carbocycles. The summed E-state index contributed by atoms with van der Waals surface area (Å²) in [6.45, 7) is 1.67. The van der Waals surface area contributed by atoms with Gasteiger partial charge in [-0.25, -0.2) is 4.98 Å². The molecular formula is C10H14F3N3. The van der Waals surface area contributed by atoms with Crippen molar-refractivity contribution in [1.29, 1.82) is 0 Å². The van der Waals surface area contributed by atoms with Crippen LogP contribution >= 0.6 is 0 Å². The van der Waals surface area contributed by atoms with Crippen molar-refractivity contribution >= 4 is 11.5 Å². The number of hydrogen-bond acceptors (Lipinski definition) is 3. The highest BCUT2D eigenvalue weighted by Crippen LogP contribution is 2.23. The molecule has 6 heteroatoms. The Labute approximate surface area is 92.1 Å². The highest BCUT2D eigenvalue weighted by molar-refractivity contribution is 5.62. The number of rotatable bonds is 3. The van der Waals surface area contributed by atoms with Crippen molar-refractivity contribution in [2.45, 2.75) is 19.5 Å². The molecule has 1 aromatic rings. The van der Waals surface area contributed by atoms with Gasteiger partial charge in [0.25, 0.3) is 0 Å². The Morgan fingerprint density at radius 2 is 2.06 bits per heavy atom. The number of nitrogen functional groups attached to an aromatic ring is 1. The van der Waals surface area contributed by atoms with Crippen LogP contribution in [0.4, 0.5) is 24.7 Å². The number of aromatic nitrogens is 1. The Hall–Kier alpha value is -1.46. The Kier molecular flexibility index (Phi) is 3.62. The summed E-state index contributed by atoms with van der Waals surface area (Å²) in [5.74, 6) is 0.384. The molecule has 0 saturated carbocycles. The van der Waals surface area contributed by atoms with Gasteiger partial charge >= 0.3 is 6.18 Å². The third-order valence-corrected chi connectivity index (χ3v) is 2.12. The molecule has 0 amide bonds. The van der Waals surface area contributed by atoms with Gasteiger partial charge in [-0.05, 0) is 18.6 Å². The molecule has 1 heterocycles. The van der Waals surface area contributed by atoms with Crippen LogP contribution < -0.4 is 10.6 Å². The summed E-state index contributed by atoms with van der Waals surface area (Å²) in [5, 5.41) is 0. The van der Waals surface area contributed by atoms with Gasteiger partial charge in [-0.1, -0.05) is 0 Å². The molecule has 0 radical (unpaired) electrons. The smallest absolute Gasteiger partial charge is 0.390 e. The van der Waals surface area contributed by atoms with E-state index < -0.39 is 12.6 Å². The monoisotopic (exact) mass is 233 g/mol. The minimum Gasteiger partial charge on any atom is -0.396 e. The molecule has 1 rings (SSSR count). The Bertz CT molecular complexity index is 363. The van der Waals surface area contributed by atoms with Crippen molar-refractivity contribution < 1.29 is 13.2 Å². The van der Waals surface area contributed by atoms with Gasteiger partial charge in [0.05, 0.1) is 12.1 Å². The molecular weight excluding hydrogens is 219 g/mol. The summed E-state index contributed by atoms with van der Waals surface area (Å²) in [7, 11) is 1.54. The number of pyridine rings is 1. The first-order valence-electron chi connectivity index (χ1n) is 4.79. The van der Waals surface area contributed by atoms with E-state index in [1.165, 1.54) is 4.90 Å². The molecule has 0 fully saturated rings. The molecule has 0 bridgehead atoms. The zero-order valence-corrected chi connectivity index (χ0v) is 9.17. The van der Waals surface area contributed by atoms with Crippen molar-refractivity contribution in [2.75, 3.05) is 24.2 Å². The zero-order chi connectivity index (χ0) is 12.3. The fourth-order valence-electron chi connectivity index (χ4n) is 1.30. The lowest BCUT2D eigenvalue weighted by molar-refractivity contribution is -0.132. The van der Waals surface area contributed by atoms with Gasteiger partial charge in [-0.15, -0.1) is 0 Å². The fraction of sp³-hybridized carbons (Fsp3) is 0.500. The summed E-state index contributed by atoms with van der Waals surface area (Å²) in [6.07, 6.45) is -3.46. The zero-order valence-electron chi connectivity index (χ0n) is 9.17. The third-order valence-electron chi connectivity index (χ3n) is 2.12. The molecule has 1 aromatic heterocycles. The van der Waals surface area contributed by atoms with Crippen molar-refractivity contribution in [3.8, 4) is 0 Å². The maximum Gasteiger partial charge on any atom is 0.390 e. The van der Waals surface area contributed by atoms with Crippen LogP contribution in [0.5, 0.6) is 0 Å². The average Bonchev–Trinajstić information content (AvgIpc) is 2.13. The number of anilines is 2. The lowest BCUT2D eigenvalue weighted by Crippen LogP contribution is -2.25. The van der Waals surface area contributed by atoms with Gasteiger partial charge in [-0.3, -0.25) is 0 Å². The lowest BCUT2D eigenvalue weighted by Gasteiger charge is -2.20. The van der Waals surface area contributed by atoms with E-state index in [-0.39, 0.29) is 6.54 Å². The van der Waals surface area contributed by atoms with Gasteiger partial charge in [0.15, 0.2) is 5.82 Å². The predicted octanol–water partition coefficient (Wildman–Crippen LogP) is 2.36. The van der Waals surface area contributed by atoms with Crippen LogP contribution in [0.1, 0.15) is 12.0 Å². The standard InChI is InChI=1S/C10H14F3N3/c1-7-5-8(14)9(15-6-7)16(2)4-3-10(11,12)13/h5-6H,3-4,14H2,1-2H3. The first-order valence-corrected chi connectivity index (χ1v) is 4.79. The number of halogens is 3. The highest BCUT2D eigenvalue weighted by atomic mass is 19.4. The maximum atomic E-state index is 12.0. The van der Waals surface area contributed by atoms with Gasteiger partial charge < -0.3 is 10.6 Å². The van der Waals surface area contributed by atoms with E-state index in [1.807, 2.05) is 6.92 Å². The lowest BCUT2D eigenvalue weighted by atomic mass is 10.2. The number of nitrogens with zero attached hydrogens (tertiary/aromatic N) is 2. The van der Waals surface area contributed by atoms with Crippen LogP contribution in [-0.4, -0.2) is 24.8 Å². The second-order valence-corrected chi connectivity index (χ2v) is 3.71. The van der Waals surface area contributed by atoms with Crippen LogP contribution in [0.15, 0.2) is 12.3 Å². The number of nitrogens with two attached hydrogens (primary N) is 1. The number of aryl methyl sites for hydroxylation is 1. The van der Waals surface area contributed by atoms with E-state index in [0.717, 1.165) is 5.56 Å². The van der Waals surface area contributed by atoms with Gasteiger partial charge in [0.2, 0.25) is 0 Å². The molecule has 0 aliphatic carbocycles. The minimum absolute atomic E-state index is 0.149. The van der Waals surface area contributed by atoms with E-state index in [0.29, 0.717) is 11.5 Å². The molecule has 3 nitrogen and oxygen atoms in total. The van der Waals surface area contributed by atoms with Crippen LogP contribution in [-0.2, 0) is 0 Å². The summed E-state index contributed by atoms with van der Waals surface area (Å²) >= 11 is 0. The molecule has 90 valence electrons. The second kappa shape index (κ2) is 4.59. The summed E-state index contributed by atoms with van der Waals surface area (Å²) in [5.41, 5.74) is 6.95. The molecule has 2 N–H and O–H groups in total. The maximum absolute atomic E-state index is 12.0. The summed E-state index contributed by atoms with van der Waals surface area (Å²) in [6, 6.07) is 1.69. The molecule has 0 atom stereocenters. The molecule has 0 aliphatic rings. The van der Waals surface area contributed by atoms with E-state index in [2.05, 4.69) is 4.98 Å².